The van der Waals surface area contributed by atoms with Crippen molar-refractivity contribution in [3.8, 4) is 11.5 Å². The highest BCUT2D eigenvalue weighted by Crippen LogP contribution is 2.38. The lowest BCUT2D eigenvalue weighted by Crippen LogP contribution is -1.98. The van der Waals surface area contributed by atoms with Crippen molar-refractivity contribution in [3.63, 3.8) is 0 Å². The van der Waals surface area contributed by atoms with Crippen LogP contribution in [-0.4, -0.2) is 21.3 Å². The number of hydrogen-bond donors (Lipinski definition) is 3. The number of hydrogen-bond acceptors (Lipinski definition) is 3. The highest BCUT2D eigenvalue weighted by atomic mass is 79.9. The molecule has 13 heavy (non-hydrogen) atoms. The first-order chi connectivity index (χ1) is 5.95. The van der Waals surface area contributed by atoms with Gasteiger partial charge in [0.1, 0.15) is 21.5 Å². The Bertz CT molecular complexity index is 373. The maximum Gasteiger partial charge on any atom is 0.339 e. The monoisotopic (exact) mass is 246 g/mol. The molecule has 0 heterocycles. The third-order valence-corrected chi connectivity index (χ3v) is 2.39. The lowest BCUT2D eigenvalue weighted by Gasteiger charge is -2.06. The number of rotatable bonds is 1. The predicted molar refractivity (Wildman–Crippen MR) is 49.2 cm³/mol. The largest absolute Gasteiger partial charge is 0.506 e. The Labute approximate surface area is 82.6 Å². The molecule has 1 aromatic rings. The highest BCUT2D eigenvalue weighted by molar-refractivity contribution is 9.10. The van der Waals surface area contributed by atoms with Crippen molar-refractivity contribution in [1.82, 2.24) is 0 Å². The van der Waals surface area contributed by atoms with Gasteiger partial charge in [-0.2, -0.15) is 0 Å². The van der Waals surface area contributed by atoms with Crippen LogP contribution in [0.25, 0.3) is 0 Å². The number of aromatic hydroxyl groups is 2. The number of benzene rings is 1. The van der Waals surface area contributed by atoms with Crippen LogP contribution in [0.3, 0.4) is 0 Å². The van der Waals surface area contributed by atoms with Gasteiger partial charge in [-0.3, -0.25) is 0 Å². The van der Waals surface area contributed by atoms with Crippen LogP contribution in [0.4, 0.5) is 0 Å². The van der Waals surface area contributed by atoms with E-state index in [0.29, 0.717) is 5.56 Å². The maximum atomic E-state index is 10.6. The van der Waals surface area contributed by atoms with Crippen molar-refractivity contribution in [2.24, 2.45) is 0 Å². The van der Waals surface area contributed by atoms with E-state index in [1.165, 1.54) is 6.07 Å². The first-order valence-corrected chi connectivity index (χ1v) is 4.18. The van der Waals surface area contributed by atoms with E-state index in [1.54, 1.807) is 6.92 Å². The van der Waals surface area contributed by atoms with Crippen LogP contribution in [0.5, 0.6) is 11.5 Å². The van der Waals surface area contributed by atoms with E-state index in [-0.39, 0.29) is 15.8 Å². The topological polar surface area (TPSA) is 77.8 Å². The van der Waals surface area contributed by atoms with Gasteiger partial charge >= 0.3 is 5.97 Å². The maximum absolute atomic E-state index is 10.6. The average molecular weight is 247 g/mol. The van der Waals surface area contributed by atoms with Crippen LogP contribution in [0, 0.1) is 6.92 Å². The Morgan fingerprint density at radius 1 is 1.38 bits per heavy atom. The van der Waals surface area contributed by atoms with Gasteiger partial charge in [0.05, 0.1) is 0 Å². The molecule has 0 radical (unpaired) electrons. The Morgan fingerprint density at radius 2 is 1.92 bits per heavy atom. The molecule has 0 aliphatic carbocycles. The van der Waals surface area contributed by atoms with Crippen molar-refractivity contribution in [2.75, 3.05) is 0 Å². The highest BCUT2D eigenvalue weighted by Gasteiger charge is 2.17. The van der Waals surface area contributed by atoms with E-state index in [4.69, 9.17) is 5.11 Å². The summed E-state index contributed by atoms with van der Waals surface area (Å²) in [6.45, 7) is 1.55. The quantitative estimate of drug-likeness (QED) is 0.707. The van der Waals surface area contributed by atoms with E-state index < -0.39 is 11.7 Å². The van der Waals surface area contributed by atoms with Crippen LogP contribution in [-0.2, 0) is 0 Å². The van der Waals surface area contributed by atoms with Gasteiger partial charge in [-0.25, -0.2) is 4.79 Å². The number of carboxylic acid groups (broad SMARTS) is 1. The summed E-state index contributed by atoms with van der Waals surface area (Å²) in [4.78, 5) is 10.6. The molecule has 3 N–H and O–H groups in total. The SMILES string of the molecule is Cc1cc(C(=O)O)c(O)c(Br)c1O. The van der Waals surface area contributed by atoms with E-state index in [0.717, 1.165) is 0 Å². The minimum atomic E-state index is -1.23. The van der Waals surface area contributed by atoms with Crippen molar-refractivity contribution in [1.29, 1.82) is 0 Å². The minimum absolute atomic E-state index is 0.00454. The van der Waals surface area contributed by atoms with Gasteiger partial charge in [0.25, 0.3) is 0 Å². The molecule has 0 saturated carbocycles. The van der Waals surface area contributed by atoms with Gasteiger partial charge in [0.2, 0.25) is 0 Å². The lowest BCUT2D eigenvalue weighted by atomic mass is 10.1. The molecule has 0 atom stereocenters. The molecule has 5 heteroatoms. The zero-order chi connectivity index (χ0) is 10.2. The van der Waals surface area contributed by atoms with Gasteiger partial charge in [0.15, 0.2) is 0 Å². The normalized spacial score (nSPS) is 10.0. The van der Waals surface area contributed by atoms with E-state index in [9.17, 15) is 15.0 Å². The summed E-state index contributed by atoms with van der Waals surface area (Å²) in [6.07, 6.45) is 0. The molecule has 4 nitrogen and oxygen atoms in total. The molecule has 0 fully saturated rings. The van der Waals surface area contributed by atoms with E-state index in [2.05, 4.69) is 15.9 Å². The molecule has 0 aliphatic rings. The summed E-state index contributed by atoms with van der Waals surface area (Å²) >= 11 is 2.89. The van der Waals surface area contributed by atoms with Crippen molar-refractivity contribution in [2.45, 2.75) is 6.92 Å². The molecule has 1 aromatic carbocycles. The number of carbonyl (C=O) groups is 1. The summed E-state index contributed by atoms with van der Waals surface area (Å²) < 4.78 is 0.00454. The van der Waals surface area contributed by atoms with Crippen LogP contribution in [0.1, 0.15) is 15.9 Å². The van der Waals surface area contributed by atoms with Crippen molar-refractivity contribution < 1.29 is 20.1 Å². The smallest absolute Gasteiger partial charge is 0.339 e. The molecule has 0 aromatic heterocycles. The van der Waals surface area contributed by atoms with E-state index >= 15 is 0 Å². The zero-order valence-electron chi connectivity index (χ0n) is 6.71. The summed E-state index contributed by atoms with van der Waals surface area (Å²) in [5.41, 5.74) is 0.157. The summed E-state index contributed by atoms with van der Waals surface area (Å²) in [5, 5.41) is 27.2. The Balaban J connectivity index is 3.50. The summed E-state index contributed by atoms with van der Waals surface area (Å²) in [5.74, 6) is -1.85. The fraction of sp³-hybridized carbons (Fsp3) is 0.125. The van der Waals surface area contributed by atoms with Gasteiger partial charge in [-0.15, -0.1) is 0 Å². The summed E-state index contributed by atoms with van der Waals surface area (Å²) in [6, 6.07) is 1.21. The summed E-state index contributed by atoms with van der Waals surface area (Å²) in [7, 11) is 0. The van der Waals surface area contributed by atoms with Gasteiger partial charge in [0, 0.05) is 0 Å². The minimum Gasteiger partial charge on any atom is -0.506 e. The third-order valence-electron chi connectivity index (χ3n) is 1.64. The van der Waals surface area contributed by atoms with Crippen LogP contribution in [0.2, 0.25) is 0 Å². The number of phenolic OH excluding ortho intramolecular Hbond substituents is 1. The second-order valence-corrected chi connectivity index (χ2v) is 3.35. The number of halogens is 1. The van der Waals surface area contributed by atoms with Crippen LogP contribution in [0.15, 0.2) is 10.5 Å². The number of phenols is 2. The Morgan fingerprint density at radius 3 is 2.38 bits per heavy atom. The lowest BCUT2D eigenvalue weighted by molar-refractivity contribution is 0.0693. The van der Waals surface area contributed by atoms with Crippen LogP contribution < -0.4 is 0 Å². The molecule has 0 bridgehead atoms. The van der Waals surface area contributed by atoms with Crippen molar-refractivity contribution in [3.05, 3.63) is 21.7 Å². The van der Waals surface area contributed by atoms with E-state index in [1.807, 2.05) is 0 Å². The van der Waals surface area contributed by atoms with Crippen molar-refractivity contribution >= 4 is 21.9 Å². The standard InChI is InChI=1S/C8H7BrO4/c1-3-2-4(8(12)13)7(11)5(9)6(3)10/h2,10-11H,1H3,(H,12,13). The Hall–Kier alpha value is -1.23. The molecular weight excluding hydrogens is 240 g/mol. The third kappa shape index (κ3) is 1.60. The number of aromatic carboxylic acids is 1. The average Bonchev–Trinajstić information content (AvgIpc) is 2.07. The van der Waals surface area contributed by atoms with Gasteiger partial charge in [-0.05, 0) is 34.5 Å². The first kappa shape index (κ1) is 9.85. The predicted octanol–water partition coefficient (Wildman–Crippen LogP) is 1.87. The second kappa shape index (κ2) is 3.26. The van der Waals surface area contributed by atoms with Gasteiger partial charge < -0.3 is 15.3 Å². The van der Waals surface area contributed by atoms with Crippen LogP contribution >= 0.6 is 15.9 Å². The number of carboxylic acids is 1. The van der Waals surface area contributed by atoms with Gasteiger partial charge in [-0.1, -0.05) is 0 Å². The molecular formula is C8H7BrO4. The number of aryl methyl sites for hydroxylation is 1. The molecule has 0 aliphatic heterocycles. The fourth-order valence-electron chi connectivity index (χ4n) is 0.920. The fourth-order valence-corrected chi connectivity index (χ4v) is 1.45. The Kier molecular flexibility index (Phi) is 2.47. The molecule has 1 rings (SSSR count). The first-order valence-electron chi connectivity index (χ1n) is 3.39. The zero-order valence-corrected chi connectivity index (χ0v) is 8.29. The molecule has 0 spiro atoms. The second-order valence-electron chi connectivity index (χ2n) is 2.56. The molecule has 70 valence electrons. The molecule has 0 saturated heterocycles. The molecule has 0 amide bonds. The molecule has 0 unspecified atom stereocenters.